The second-order valence-corrected chi connectivity index (χ2v) is 9.88. The third-order valence-corrected chi connectivity index (χ3v) is 7.30. The Morgan fingerprint density at radius 3 is 2.29 bits per heavy atom. The first-order valence-electron chi connectivity index (χ1n) is 11.8. The van der Waals surface area contributed by atoms with Gasteiger partial charge in [-0.1, -0.05) is 48.2 Å². The molecular formula is C27H28N6OS. The maximum absolute atomic E-state index is 13.4. The third-order valence-electron chi connectivity index (χ3n) is 6.27. The molecule has 1 aliphatic rings. The first-order chi connectivity index (χ1) is 17.1. The number of amides is 1. The van der Waals surface area contributed by atoms with E-state index in [0.717, 1.165) is 35.7 Å². The normalized spacial score (nSPS) is 14.7. The summed E-state index contributed by atoms with van der Waals surface area (Å²) in [6.07, 6.45) is 3.50. The number of pyridine rings is 1. The molecule has 8 heteroatoms. The third kappa shape index (κ3) is 4.93. The highest BCUT2D eigenvalue weighted by Gasteiger charge is 2.28. The highest BCUT2D eigenvalue weighted by atomic mass is 32.2. The molecule has 0 saturated carbocycles. The fraction of sp³-hybridized carbons (Fsp3) is 0.259. The number of para-hydroxylation sites is 2. The molecule has 1 fully saturated rings. The van der Waals surface area contributed by atoms with Crippen molar-refractivity contribution in [2.75, 3.05) is 31.1 Å². The van der Waals surface area contributed by atoms with Gasteiger partial charge in [-0.25, -0.2) is 0 Å². The van der Waals surface area contributed by atoms with Crippen molar-refractivity contribution < 1.29 is 4.79 Å². The average Bonchev–Trinajstić information content (AvgIpc) is 3.32. The Kier molecular flexibility index (Phi) is 6.81. The first kappa shape index (κ1) is 23.1. The van der Waals surface area contributed by atoms with E-state index in [4.69, 9.17) is 0 Å². The molecule has 0 bridgehead atoms. The van der Waals surface area contributed by atoms with Crippen molar-refractivity contribution in [2.24, 2.45) is 0 Å². The number of benzene rings is 2. The molecule has 178 valence electrons. The molecule has 1 amide bonds. The van der Waals surface area contributed by atoms with E-state index in [1.54, 1.807) is 12.4 Å². The maximum atomic E-state index is 13.4. The van der Waals surface area contributed by atoms with Crippen LogP contribution in [0.15, 0.2) is 84.3 Å². The smallest absolute Gasteiger partial charge is 0.236 e. The lowest BCUT2D eigenvalue weighted by Crippen LogP contribution is -2.50. The molecule has 4 aromatic rings. The summed E-state index contributed by atoms with van der Waals surface area (Å²) in [4.78, 5) is 21.8. The molecule has 1 aliphatic heterocycles. The summed E-state index contributed by atoms with van der Waals surface area (Å²) in [7, 11) is 0. The lowest BCUT2D eigenvalue weighted by atomic mass is 10.2. The topological polar surface area (TPSA) is 67.2 Å². The molecule has 7 nitrogen and oxygen atoms in total. The fourth-order valence-electron chi connectivity index (χ4n) is 4.36. The number of thioether (sulfide) groups is 1. The molecule has 2 aromatic heterocycles. The van der Waals surface area contributed by atoms with Crippen molar-refractivity contribution in [1.82, 2.24) is 24.6 Å². The minimum absolute atomic E-state index is 0.132. The van der Waals surface area contributed by atoms with E-state index in [1.165, 1.54) is 17.4 Å². The second-order valence-electron chi connectivity index (χ2n) is 8.57. The van der Waals surface area contributed by atoms with Crippen LogP contribution < -0.4 is 4.90 Å². The fourth-order valence-corrected chi connectivity index (χ4v) is 5.30. The molecule has 1 atom stereocenters. The lowest BCUT2D eigenvalue weighted by molar-refractivity contribution is -0.130. The van der Waals surface area contributed by atoms with Gasteiger partial charge in [0.2, 0.25) is 5.91 Å². The average molecular weight is 485 g/mol. The van der Waals surface area contributed by atoms with Gasteiger partial charge in [0.1, 0.15) is 0 Å². The molecule has 0 spiro atoms. The molecular weight excluding hydrogens is 456 g/mol. The number of hydrogen-bond donors (Lipinski definition) is 0. The SMILES string of the molecule is Cc1ccccc1-n1c(S[C@H](C)C(=O)N2CCN(c3ccccc3)CC2)nnc1-c1ccncc1. The number of carbonyl (C=O) groups is 1. The van der Waals surface area contributed by atoms with E-state index in [9.17, 15) is 4.79 Å². The summed E-state index contributed by atoms with van der Waals surface area (Å²) in [5.41, 5.74) is 4.25. The second kappa shape index (κ2) is 10.3. The Hall–Kier alpha value is -3.65. The number of hydrogen-bond acceptors (Lipinski definition) is 6. The quantitative estimate of drug-likeness (QED) is 0.376. The zero-order chi connectivity index (χ0) is 24.2. The molecule has 0 radical (unpaired) electrons. The summed E-state index contributed by atoms with van der Waals surface area (Å²) >= 11 is 1.46. The summed E-state index contributed by atoms with van der Waals surface area (Å²) in [5, 5.41) is 9.43. The van der Waals surface area contributed by atoms with E-state index in [1.807, 2.05) is 46.7 Å². The molecule has 3 heterocycles. The molecule has 0 N–H and O–H groups in total. The zero-order valence-corrected chi connectivity index (χ0v) is 20.7. The van der Waals surface area contributed by atoms with Gasteiger partial charge in [0, 0.05) is 49.8 Å². The van der Waals surface area contributed by atoms with Crippen LogP contribution in [-0.2, 0) is 4.79 Å². The molecule has 1 saturated heterocycles. The zero-order valence-electron chi connectivity index (χ0n) is 19.9. The van der Waals surface area contributed by atoms with E-state index in [2.05, 4.69) is 63.4 Å². The Morgan fingerprint density at radius 2 is 1.57 bits per heavy atom. The van der Waals surface area contributed by atoms with Gasteiger partial charge >= 0.3 is 0 Å². The van der Waals surface area contributed by atoms with Crippen LogP contribution in [0.2, 0.25) is 0 Å². The van der Waals surface area contributed by atoms with Gasteiger partial charge in [0.05, 0.1) is 10.9 Å². The Bertz CT molecular complexity index is 1290. The number of aryl methyl sites for hydroxylation is 1. The number of aromatic nitrogens is 4. The highest BCUT2D eigenvalue weighted by molar-refractivity contribution is 8.00. The summed E-state index contributed by atoms with van der Waals surface area (Å²) in [6.45, 7) is 7.12. The van der Waals surface area contributed by atoms with Gasteiger partial charge in [0.25, 0.3) is 0 Å². The van der Waals surface area contributed by atoms with Crippen LogP contribution in [0.3, 0.4) is 0 Å². The largest absolute Gasteiger partial charge is 0.368 e. The van der Waals surface area contributed by atoms with Crippen molar-refractivity contribution in [3.8, 4) is 17.1 Å². The van der Waals surface area contributed by atoms with Crippen molar-refractivity contribution in [3.63, 3.8) is 0 Å². The minimum Gasteiger partial charge on any atom is -0.368 e. The number of piperazine rings is 1. The predicted octanol–water partition coefficient (Wildman–Crippen LogP) is 4.47. The van der Waals surface area contributed by atoms with Gasteiger partial charge in [-0.3, -0.25) is 14.3 Å². The number of rotatable bonds is 6. The van der Waals surface area contributed by atoms with Gasteiger partial charge < -0.3 is 9.80 Å². The van der Waals surface area contributed by atoms with Crippen LogP contribution in [0.5, 0.6) is 0 Å². The van der Waals surface area contributed by atoms with Crippen molar-refractivity contribution in [2.45, 2.75) is 24.3 Å². The van der Waals surface area contributed by atoms with Crippen LogP contribution in [-0.4, -0.2) is 62.0 Å². The predicted molar refractivity (Wildman–Crippen MR) is 140 cm³/mol. The maximum Gasteiger partial charge on any atom is 0.236 e. The van der Waals surface area contributed by atoms with Crippen LogP contribution >= 0.6 is 11.8 Å². The van der Waals surface area contributed by atoms with Gasteiger partial charge in [-0.05, 0) is 49.7 Å². The van der Waals surface area contributed by atoms with Gasteiger partial charge in [-0.2, -0.15) is 0 Å². The van der Waals surface area contributed by atoms with E-state index in [0.29, 0.717) is 18.2 Å². The standard InChI is InChI=1S/C27H28N6OS/c1-20-8-6-7-11-24(20)33-25(22-12-14-28-15-13-22)29-30-27(33)35-21(2)26(34)32-18-16-31(17-19-32)23-9-4-3-5-10-23/h3-15,21H,16-19H2,1-2H3/t21-/m1/s1. The minimum atomic E-state index is -0.282. The highest BCUT2D eigenvalue weighted by Crippen LogP contribution is 2.32. The van der Waals surface area contributed by atoms with Crippen molar-refractivity contribution in [1.29, 1.82) is 0 Å². The Balaban J connectivity index is 1.35. The monoisotopic (exact) mass is 484 g/mol. The Labute approximate surface area is 209 Å². The summed E-state index contributed by atoms with van der Waals surface area (Å²) < 4.78 is 2.05. The van der Waals surface area contributed by atoms with Crippen LogP contribution in [0, 0.1) is 6.92 Å². The van der Waals surface area contributed by atoms with Gasteiger partial charge in [-0.15, -0.1) is 10.2 Å². The van der Waals surface area contributed by atoms with Crippen molar-refractivity contribution in [3.05, 3.63) is 84.7 Å². The van der Waals surface area contributed by atoms with E-state index in [-0.39, 0.29) is 11.2 Å². The molecule has 35 heavy (non-hydrogen) atoms. The van der Waals surface area contributed by atoms with Crippen LogP contribution in [0.25, 0.3) is 17.1 Å². The number of carbonyl (C=O) groups excluding carboxylic acids is 1. The van der Waals surface area contributed by atoms with Crippen LogP contribution in [0.1, 0.15) is 12.5 Å². The number of anilines is 1. The van der Waals surface area contributed by atoms with Gasteiger partial charge in [0.15, 0.2) is 11.0 Å². The Morgan fingerprint density at radius 1 is 0.886 bits per heavy atom. The van der Waals surface area contributed by atoms with Crippen molar-refractivity contribution >= 4 is 23.4 Å². The molecule has 5 rings (SSSR count). The molecule has 0 unspecified atom stereocenters. The van der Waals surface area contributed by atoms with Crippen LogP contribution in [0.4, 0.5) is 5.69 Å². The van der Waals surface area contributed by atoms with E-state index < -0.39 is 0 Å². The number of nitrogens with zero attached hydrogens (tertiary/aromatic N) is 6. The molecule has 2 aromatic carbocycles. The van der Waals surface area contributed by atoms with E-state index >= 15 is 0 Å². The summed E-state index contributed by atoms with van der Waals surface area (Å²) in [6, 6.07) is 22.4. The molecule has 0 aliphatic carbocycles. The first-order valence-corrected chi connectivity index (χ1v) is 12.7. The lowest BCUT2D eigenvalue weighted by Gasteiger charge is -2.37. The summed E-state index contributed by atoms with van der Waals surface area (Å²) in [5.74, 6) is 0.868.